The summed E-state index contributed by atoms with van der Waals surface area (Å²) < 4.78 is 13.0. The van der Waals surface area contributed by atoms with Crippen molar-refractivity contribution in [1.82, 2.24) is 9.97 Å². The van der Waals surface area contributed by atoms with Crippen LogP contribution in [0.25, 0.3) is 11.0 Å². The average Bonchev–Trinajstić information content (AvgIpc) is 2.55. The second-order valence-corrected chi connectivity index (χ2v) is 4.83. The van der Waals surface area contributed by atoms with Crippen molar-refractivity contribution >= 4 is 11.0 Å². The molecule has 0 spiro atoms. The summed E-state index contributed by atoms with van der Waals surface area (Å²) in [5.41, 5.74) is 7.23. The van der Waals surface area contributed by atoms with E-state index in [1.165, 1.54) is 12.1 Å². The Balaban J connectivity index is 2.20. The van der Waals surface area contributed by atoms with Gasteiger partial charge in [0.25, 0.3) is 0 Å². The minimum atomic E-state index is -0.248. The van der Waals surface area contributed by atoms with Crippen LogP contribution in [0.4, 0.5) is 4.39 Å². The number of nitrogens with one attached hydrogen (secondary N) is 1. The minimum absolute atomic E-state index is 0.204. The first-order valence-corrected chi connectivity index (χ1v) is 5.37. The topological polar surface area (TPSA) is 54.7 Å². The van der Waals surface area contributed by atoms with Crippen molar-refractivity contribution in [2.75, 3.05) is 0 Å². The van der Waals surface area contributed by atoms with Crippen LogP contribution >= 0.6 is 0 Å². The zero-order chi connectivity index (χ0) is 11.8. The fourth-order valence-corrected chi connectivity index (χ4v) is 1.59. The summed E-state index contributed by atoms with van der Waals surface area (Å²) in [4.78, 5) is 7.48. The van der Waals surface area contributed by atoms with E-state index in [0.29, 0.717) is 0 Å². The van der Waals surface area contributed by atoms with Crippen LogP contribution in [0.5, 0.6) is 0 Å². The Hall–Kier alpha value is -1.42. The monoisotopic (exact) mass is 221 g/mol. The average molecular weight is 221 g/mol. The molecule has 0 fully saturated rings. The van der Waals surface area contributed by atoms with E-state index in [4.69, 9.17) is 5.73 Å². The molecule has 0 unspecified atom stereocenters. The van der Waals surface area contributed by atoms with E-state index in [1.54, 1.807) is 6.07 Å². The molecular weight excluding hydrogens is 205 g/mol. The Morgan fingerprint density at radius 2 is 2.19 bits per heavy atom. The molecular formula is C12H16FN3. The molecule has 1 aromatic carbocycles. The molecule has 0 aliphatic rings. The number of aromatic nitrogens is 2. The molecule has 0 radical (unpaired) electrons. The third-order valence-corrected chi connectivity index (χ3v) is 2.50. The van der Waals surface area contributed by atoms with Gasteiger partial charge in [-0.2, -0.15) is 0 Å². The molecule has 2 rings (SSSR count). The van der Waals surface area contributed by atoms with Crippen molar-refractivity contribution in [2.24, 2.45) is 5.73 Å². The van der Waals surface area contributed by atoms with Crippen LogP contribution < -0.4 is 5.73 Å². The maximum Gasteiger partial charge on any atom is 0.125 e. The first-order valence-electron chi connectivity index (χ1n) is 5.37. The molecule has 16 heavy (non-hydrogen) atoms. The van der Waals surface area contributed by atoms with E-state index in [1.807, 2.05) is 13.8 Å². The van der Waals surface area contributed by atoms with Crippen molar-refractivity contribution in [3.05, 3.63) is 29.8 Å². The quantitative estimate of drug-likeness (QED) is 0.836. The lowest BCUT2D eigenvalue weighted by Crippen LogP contribution is -2.32. The summed E-state index contributed by atoms with van der Waals surface area (Å²) in [7, 11) is 0. The number of nitrogens with two attached hydrogens (primary N) is 1. The second kappa shape index (κ2) is 3.87. The number of nitrogens with zero attached hydrogens (tertiary/aromatic N) is 1. The number of hydrogen-bond acceptors (Lipinski definition) is 2. The zero-order valence-corrected chi connectivity index (χ0v) is 9.55. The van der Waals surface area contributed by atoms with Crippen LogP contribution in [0.3, 0.4) is 0 Å². The summed E-state index contributed by atoms with van der Waals surface area (Å²) in [5.74, 6) is 0.612. The van der Waals surface area contributed by atoms with Crippen LogP contribution in [-0.2, 0) is 6.42 Å². The molecule has 0 atom stereocenters. The van der Waals surface area contributed by atoms with Gasteiger partial charge in [-0.25, -0.2) is 9.37 Å². The van der Waals surface area contributed by atoms with Crippen LogP contribution in [-0.4, -0.2) is 15.5 Å². The summed E-state index contributed by atoms with van der Waals surface area (Å²) in [5, 5.41) is 0. The lowest BCUT2D eigenvalue weighted by atomic mass is 10.0. The van der Waals surface area contributed by atoms with Gasteiger partial charge < -0.3 is 10.7 Å². The normalized spacial score (nSPS) is 12.2. The summed E-state index contributed by atoms with van der Waals surface area (Å²) in [6.45, 7) is 3.96. The van der Waals surface area contributed by atoms with E-state index >= 15 is 0 Å². The van der Waals surface area contributed by atoms with Gasteiger partial charge in [-0.1, -0.05) is 0 Å². The number of aryl methyl sites for hydroxylation is 1. The van der Waals surface area contributed by atoms with Crippen LogP contribution in [0.15, 0.2) is 18.2 Å². The number of rotatable bonds is 3. The molecule has 0 aliphatic carbocycles. The number of fused-ring (bicyclic) bond motifs is 1. The maximum atomic E-state index is 13.0. The molecule has 1 heterocycles. The highest BCUT2D eigenvalue weighted by Gasteiger charge is 2.12. The fourth-order valence-electron chi connectivity index (χ4n) is 1.59. The SMILES string of the molecule is CC(C)(N)CCc1nc2ccc(F)cc2[nH]1. The fraction of sp³-hybridized carbons (Fsp3) is 0.417. The lowest BCUT2D eigenvalue weighted by molar-refractivity contribution is 0.472. The molecule has 4 heteroatoms. The van der Waals surface area contributed by atoms with Crippen molar-refractivity contribution in [1.29, 1.82) is 0 Å². The van der Waals surface area contributed by atoms with Crippen LogP contribution in [0.1, 0.15) is 26.1 Å². The molecule has 0 bridgehead atoms. The molecule has 3 N–H and O–H groups in total. The second-order valence-electron chi connectivity index (χ2n) is 4.83. The smallest absolute Gasteiger partial charge is 0.125 e. The molecule has 0 saturated heterocycles. The Morgan fingerprint density at radius 3 is 2.88 bits per heavy atom. The summed E-state index contributed by atoms with van der Waals surface area (Å²) >= 11 is 0. The Morgan fingerprint density at radius 1 is 1.44 bits per heavy atom. The highest BCUT2D eigenvalue weighted by molar-refractivity contribution is 5.74. The van der Waals surface area contributed by atoms with Crippen LogP contribution in [0.2, 0.25) is 0 Å². The Labute approximate surface area is 93.9 Å². The first-order chi connectivity index (χ1) is 7.44. The number of halogens is 1. The minimum Gasteiger partial charge on any atom is -0.342 e. The van der Waals surface area contributed by atoms with E-state index in [-0.39, 0.29) is 11.4 Å². The molecule has 3 nitrogen and oxygen atoms in total. The molecule has 2 aromatic rings. The predicted molar refractivity (Wildman–Crippen MR) is 62.6 cm³/mol. The van der Waals surface area contributed by atoms with Crippen LogP contribution in [0, 0.1) is 5.82 Å². The van der Waals surface area contributed by atoms with Gasteiger partial charge in [0.2, 0.25) is 0 Å². The van der Waals surface area contributed by atoms with Crippen molar-refractivity contribution in [2.45, 2.75) is 32.2 Å². The molecule has 86 valence electrons. The number of benzene rings is 1. The van der Waals surface area contributed by atoms with Crippen molar-refractivity contribution < 1.29 is 4.39 Å². The molecule has 0 aliphatic heterocycles. The standard InChI is InChI=1S/C12H16FN3/c1-12(2,14)6-5-11-15-9-4-3-8(13)7-10(9)16-11/h3-4,7H,5-6,14H2,1-2H3,(H,15,16). The number of hydrogen-bond donors (Lipinski definition) is 2. The van der Waals surface area contributed by atoms with Gasteiger partial charge in [-0.15, -0.1) is 0 Å². The van der Waals surface area contributed by atoms with Crippen molar-refractivity contribution in [3.8, 4) is 0 Å². The van der Waals surface area contributed by atoms with Gasteiger partial charge >= 0.3 is 0 Å². The Bertz CT molecular complexity index is 496. The largest absolute Gasteiger partial charge is 0.342 e. The lowest BCUT2D eigenvalue weighted by Gasteiger charge is -2.16. The van der Waals surface area contributed by atoms with Gasteiger partial charge in [-0.3, -0.25) is 0 Å². The van der Waals surface area contributed by atoms with Gasteiger partial charge in [0.1, 0.15) is 11.6 Å². The number of imidazole rings is 1. The van der Waals surface area contributed by atoms with Gasteiger partial charge in [0.15, 0.2) is 0 Å². The molecule has 0 amide bonds. The maximum absolute atomic E-state index is 13.0. The number of aromatic amines is 1. The highest BCUT2D eigenvalue weighted by atomic mass is 19.1. The number of H-pyrrole nitrogens is 1. The summed E-state index contributed by atoms with van der Waals surface area (Å²) in [6, 6.07) is 4.55. The first kappa shape index (κ1) is 11.1. The molecule has 0 saturated carbocycles. The van der Waals surface area contributed by atoms with E-state index in [9.17, 15) is 4.39 Å². The van der Waals surface area contributed by atoms with Gasteiger partial charge in [-0.05, 0) is 38.5 Å². The van der Waals surface area contributed by atoms with E-state index in [2.05, 4.69) is 9.97 Å². The van der Waals surface area contributed by atoms with E-state index in [0.717, 1.165) is 29.7 Å². The van der Waals surface area contributed by atoms with Crippen molar-refractivity contribution in [3.63, 3.8) is 0 Å². The van der Waals surface area contributed by atoms with Gasteiger partial charge in [0.05, 0.1) is 11.0 Å². The van der Waals surface area contributed by atoms with Gasteiger partial charge in [0, 0.05) is 12.0 Å². The summed E-state index contributed by atoms with van der Waals surface area (Å²) in [6.07, 6.45) is 1.62. The highest BCUT2D eigenvalue weighted by Crippen LogP contribution is 2.15. The molecule has 1 aromatic heterocycles. The van der Waals surface area contributed by atoms with E-state index < -0.39 is 0 Å². The zero-order valence-electron chi connectivity index (χ0n) is 9.55. The third-order valence-electron chi connectivity index (χ3n) is 2.50. The predicted octanol–water partition coefficient (Wildman–Crippen LogP) is 2.37. The third kappa shape index (κ3) is 2.58. The Kier molecular flexibility index (Phi) is 2.68.